The van der Waals surface area contributed by atoms with Crippen molar-refractivity contribution in [3.63, 3.8) is 0 Å². The average molecular weight is 945 g/mol. The molecule has 0 aromatic heterocycles. The van der Waals surface area contributed by atoms with Crippen LogP contribution < -0.4 is 0 Å². The van der Waals surface area contributed by atoms with Gasteiger partial charge >= 0.3 is 0 Å². The summed E-state index contributed by atoms with van der Waals surface area (Å²) in [5, 5.41) is 127. The lowest BCUT2D eigenvalue weighted by Gasteiger charge is -2.64. The molecule has 18 heteroatoms. The van der Waals surface area contributed by atoms with E-state index in [0.717, 1.165) is 56.9 Å². The van der Waals surface area contributed by atoms with Crippen molar-refractivity contribution in [2.45, 2.75) is 210 Å². The SMILES string of the molecule is CC(=CC[C@H](O)[C@@H](C)[C@H]1CC[C@@]2(C)[C@H]3CC[C@H]4[C@@](C)(CO)[C@@H](O[C@@H]5O[C@H](CO)[C@@H](O[C@@H]6O[C@H](C)[C@H](O)[C@H](O)[C@H]6O)[C@H](O)[C@H]5O)CC[C@@]45C[C@@]35CC[C@]12C)CO[C@@H]1O[C@H](CO)[C@@H](O)[C@H](O)[C@H]1O. The predicted octanol–water partition coefficient (Wildman–Crippen LogP) is -0.415. The maximum atomic E-state index is 11.7. The van der Waals surface area contributed by atoms with Gasteiger partial charge in [-0.25, -0.2) is 0 Å². The summed E-state index contributed by atoms with van der Waals surface area (Å²) in [5.41, 5.74) is 0.320. The molecule has 0 radical (unpaired) electrons. The van der Waals surface area contributed by atoms with Crippen molar-refractivity contribution < 1.29 is 89.7 Å². The molecule has 8 rings (SSSR count). The van der Waals surface area contributed by atoms with Crippen molar-refractivity contribution in [1.29, 1.82) is 0 Å². The van der Waals surface area contributed by atoms with Crippen LogP contribution in [0.15, 0.2) is 11.6 Å². The minimum atomic E-state index is -1.67. The Morgan fingerprint density at radius 1 is 0.652 bits per heavy atom. The first-order chi connectivity index (χ1) is 31.1. The molecule has 380 valence electrons. The molecule has 66 heavy (non-hydrogen) atoms. The molecule has 0 bridgehead atoms. The molecule has 26 atom stereocenters. The highest BCUT2D eigenvalue weighted by atomic mass is 16.7. The van der Waals surface area contributed by atoms with E-state index in [1.165, 1.54) is 6.92 Å². The molecule has 0 amide bonds. The first-order valence-corrected chi connectivity index (χ1v) is 24.6. The highest BCUT2D eigenvalue weighted by molar-refractivity contribution is 5.31. The van der Waals surface area contributed by atoms with E-state index in [-0.39, 0.29) is 46.7 Å². The third-order valence-corrected chi connectivity index (χ3v) is 19.7. The van der Waals surface area contributed by atoms with Gasteiger partial charge in [-0.1, -0.05) is 39.3 Å². The van der Waals surface area contributed by atoms with Gasteiger partial charge in [-0.15, -0.1) is 0 Å². The van der Waals surface area contributed by atoms with Gasteiger partial charge in [0.2, 0.25) is 0 Å². The van der Waals surface area contributed by atoms with Crippen molar-refractivity contribution in [3.8, 4) is 0 Å². The van der Waals surface area contributed by atoms with Crippen LogP contribution in [0.5, 0.6) is 0 Å². The third kappa shape index (κ3) is 8.00. The third-order valence-electron chi connectivity index (χ3n) is 19.7. The Morgan fingerprint density at radius 2 is 1.26 bits per heavy atom. The predicted molar refractivity (Wildman–Crippen MR) is 231 cm³/mol. The summed E-state index contributed by atoms with van der Waals surface area (Å²) in [6.07, 6.45) is -11.0. The Bertz CT molecular complexity index is 1720. The van der Waals surface area contributed by atoms with E-state index in [9.17, 15) is 61.3 Å². The van der Waals surface area contributed by atoms with Crippen LogP contribution in [0.4, 0.5) is 0 Å². The zero-order chi connectivity index (χ0) is 48.1. The fourth-order valence-electron chi connectivity index (χ4n) is 15.5. The van der Waals surface area contributed by atoms with Gasteiger partial charge in [0, 0.05) is 5.41 Å². The van der Waals surface area contributed by atoms with E-state index in [0.29, 0.717) is 24.7 Å². The summed E-state index contributed by atoms with van der Waals surface area (Å²) in [5.74, 6) is 0.953. The van der Waals surface area contributed by atoms with Gasteiger partial charge in [0.15, 0.2) is 18.9 Å². The van der Waals surface area contributed by atoms with Crippen molar-refractivity contribution in [2.75, 3.05) is 26.4 Å². The summed E-state index contributed by atoms with van der Waals surface area (Å²) in [6.45, 7) is 11.3. The minimum Gasteiger partial charge on any atom is -0.396 e. The van der Waals surface area contributed by atoms with E-state index < -0.39 is 123 Å². The molecule has 3 heterocycles. The summed E-state index contributed by atoms with van der Waals surface area (Å²) in [6, 6.07) is 0. The normalized spacial score (nSPS) is 54.7. The Hall–Kier alpha value is -0.980. The Labute approximate surface area is 387 Å². The Morgan fingerprint density at radius 3 is 1.94 bits per heavy atom. The van der Waals surface area contributed by atoms with Gasteiger partial charge in [0.05, 0.1) is 44.7 Å². The van der Waals surface area contributed by atoms with Gasteiger partial charge in [-0.3, -0.25) is 0 Å². The monoisotopic (exact) mass is 945 g/mol. The highest BCUT2D eigenvalue weighted by Gasteiger charge is 2.82. The molecule has 0 aromatic carbocycles. The van der Waals surface area contributed by atoms with E-state index in [4.69, 9.17) is 28.4 Å². The van der Waals surface area contributed by atoms with Crippen LogP contribution in [0, 0.1) is 50.7 Å². The largest absolute Gasteiger partial charge is 0.396 e. The number of ether oxygens (including phenoxy) is 6. The zero-order valence-corrected chi connectivity index (χ0v) is 39.4. The topological polar surface area (TPSA) is 298 Å². The maximum absolute atomic E-state index is 11.7. The summed E-state index contributed by atoms with van der Waals surface area (Å²) >= 11 is 0. The molecule has 0 unspecified atom stereocenters. The fourth-order valence-corrected chi connectivity index (χ4v) is 15.5. The van der Waals surface area contributed by atoms with Crippen molar-refractivity contribution in [2.24, 2.45) is 50.7 Å². The minimum absolute atomic E-state index is 0.00607. The second-order valence-electron chi connectivity index (χ2n) is 22.7. The molecule has 8 aliphatic rings. The lowest BCUT2D eigenvalue weighted by atomic mass is 9.41. The van der Waals surface area contributed by atoms with Crippen LogP contribution in [0.2, 0.25) is 0 Å². The lowest BCUT2D eigenvalue weighted by Crippen LogP contribution is -2.65. The second-order valence-corrected chi connectivity index (χ2v) is 22.7. The van der Waals surface area contributed by atoms with Crippen LogP contribution >= 0.6 is 0 Å². The Kier molecular flexibility index (Phi) is 14.7. The van der Waals surface area contributed by atoms with E-state index in [2.05, 4.69) is 27.7 Å². The van der Waals surface area contributed by atoms with Gasteiger partial charge in [0.25, 0.3) is 0 Å². The van der Waals surface area contributed by atoms with Gasteiger partial charge in [-0.05, 0) is 123 Å². The summed E-state index contributed by atoms with van der Waals surface area (Å²) in [7, 11) is 0. The molecule has 3 aliphatic heterocycles. The van der Waals surface area contributed by atoms with Crippen LogP contribution in [-0.2, 0) is 28.4 Å². The van der Waals surface area contributed by atoms with Crippen LogP contribution in [0.3, 0.4) is 0 Å². The molecule has 3 saturated heterocycles. The molecule has 5 saturated carbocycles. The number of aliphatic hydroxyl groups excluding tert-OH is 12. The molecular weight excluding hydrogens is 865 g/mol. The maximum Gasteiger partial charge on any atom is 0.187 e. The molecule has 5 aliphatic carbocycles. The highest BCUT2D eigenvalue weighted by Crippen LogP contribution is 2.89. The quantitative estimate of drug-likeness (QED) is 0.0778. The molecular formula is C48H80O18. The summed E-state index contributed by atoms with van der Waals surface area (Å²) in [4.78, 5) is 0. The molecule has 8 fully saturated rings. The summed E-state index contributed by atoms with van der Waals surface area (Å²) < 4.78 is 35.2. The molecule has 0 aromatic rings. The number of hydrogen-bond acceptors (Lipinski definition) is 18. The van der Waals surface area contributed by atoms with Gasteiger partial charge < -0.3 is 89.7 Å². The van der Waals surface area contributed by atoms with Crippen LogP contribution in [-0.4, -0.2) is 192 Å². The molecule has 18 nitrogen and oxygen atoms in total. The number of aliphatic hydroxyl groups is 12. The molecule has 2 spiro atoms. The van der Waals surface area contributed by atoms with E-state index in [1.807, 2.05) is 13.0 Å². The average Bonchev–Trinajstić information content (AvgIpc) is 3.89. The smallest absolute Gasteiger partial charge is 0.187 e. The van der Waals surface area contributed by atoms with Crippen LogP contribution in [0.25, 0.3) is 0 Å². The lowest BCUT2D eigenvalue weighted by molar-refractivity contribution is -0.366. The van der Waals surface area contributed by atoms with Crippen molar-refractivity contribution in [3.05, 3.63) is 11.6 Å². The van der Waals surface area contributed by atoms with Gasteiger partial charge in [0.1, 0.15) is 67.1 Å². The van der Waals surface area contributed by atoms with E-state index >= 15 is 0 Å². The first-order valence-electron chi connectivity index (χ1n) is 24.6. The number of hydrogen-bond donors (Lipinski definition) is 12. The van der Waals surface area contributed by atoms with Crippen LogP contribution in [0.1, 0.15) is 106 Å². The van der Waals surface area contributed by atoms with Crippen molar-refractivity contribution in [1.82, 2.24) is 0 Å². The fraction of sp³-hybridized carbons (Fsp3) is 0.958. The number of fused-ring (bicyclic) bond motifs is 2. The van der Waals surface area contributed by atoms with Crippen molar-refractivity contribution >= 4 is 0 Å². The molecule has 12 N–H and O–H groups in total. The van der Waals surface area contributed by atoms with E-state index in [1.54, 1.807) is 0 Å². The Balaban J connectivity index is 0.897. The zero-order valence-electron chi connectivity index (χ0n) is 39.4. The number of rotatable bonds is 14. The standard InChI is InChI=1S/C48H80O18/c1-22(19-61-41-37(58)35(56)33(54)27(17-49)63-41)7-8-26(52)23(2)25-11-13-46(6)30-10-9-29-44(4,21-51)31(12-14-47(29)20-48(30,47)16-15-45(25,46)5)65-43-39(60)36(57)40(28(18-50)64-43)66-42-38(59)34(55)32(53)24(3)62-42/h7,23-43,49-60H,8-21H2,1-6H3/t23-,24+,25+,26-,27+,28+,29-,30+,31-,32-,33+,34-,35-,36+,37+,38+,39+,40+,41+,42-,43-,44+,45+,46-,47+,48-/m0/s1. The first kappa shape index (κ1) is 51.4. The van der Waals surface area contributed by atoms with Gasteiger partial charge in [-0.2, -0.15) is 0 Å². The second kappa shape index (κ2) is 18.9.